The molecule has 0 bridgehead atoms. The van der Waals surface area contributed by atoms with E-state index >= 15 is 0 Å². The lowest BCUT2D eigenvalue weighted by Gasteiger charge is -2.03. The fraction of sp³-hybridized carbons (Fsp3) is 0.900. The second kappa shape index (κ2) is 7.14. The summed E-state index contributed by atoms with van der Waals surface area (Å²) in [5.41, 5.74) is 0. The van der Waals surface area contributed by atoms with E-state index in [1.807, 2.05) is 6.92 Å². The first-order valence-electron chi connectivity index (χ1n) is 4.82. The van der Waals surface area contributed by atoms with Crippen molar-refractivity contribution >= 4 is 5.97 Å². The normalized spacial score (nSPS) is 10.3. The summed E-state index contributed by atoms with van der Waals surface area (Å²) in [5.74, 6) is 0.688. The third-order valence-corrected chi connectivity index (χ3v) is 1.72. The summed E-state index contributed by atoms with van der Waals surface area (Å²) in [7, 11) is 0. The van der Waals surface area contributed by atoms with Crippen molar-refractivity contribution in [3.8, 4) is 0 Å². The van der Waals surface area contributed by atoms with Gasteiger partial charge in [-0.05, 0) is 19.3 Å². The van der Waals surface area contributed by atoms with Gasteiger partial charge in [0, 0.05) is 6.42 Å². The zero-order chi connectivity index (χ0) is 9.40. The number of unbranched alkanes of at least 4 members (excludes halogenated alkanes) is 1. The Hall–Kier alpha value is -0.530. The molecule has 0 radical (unpaired) electrons. The number of carbonyl (C=O) groups is 1. The van der Waals surface area contributed by atoms with Gasteiger partial charge in [0.25, 0.3) is 0 Å². The fourth-order valence-corrected chi connectivity index (χ4v) is 1.06. The molecule has 0 rings (SSSR count). The van der Waals surface area contributed by atoms with Gasteiger partial charge in [-0.1, -0.05) is 26.7 Å². The minimum Gasteiger partial charge on any atom is -0.466 e. The molecule has 0 aliphatic rings. The molecular weight excluding hydrogens is 152 g/mol. The van der Waals surface area contributed by atoms with E-state index in [4.69, 9.17) is 4.74 Å². The van der Waals surface area contributed by atoms with Crippen LogP contribution in [0.2, 0.25) is 0 Å². The summed E-state index contributed by atoms with van der Waals surface area (Å²) < 4.78 is 4.81. The molecule has 2 nitrogen and oxygen atoms in total. The first-order chi connectivity index (χ1) is 5.66. The molecule has 0 aromatic rings. The lowest BCUT2D eigenvalue weighted by Crippen LogP contribution is -2.03. The van der Waals surface area contributed by atoms with Gasteiger partial charge in [-0.25, -0.2) is 0 Å². The molecule has 2 heteroatoms. The summed E-state index contributed by atoms with van der Waals surface area (Å²) in [5, 5.41) is 0. The third kappa shape index (κ3) is 7.58. The minimum atomic E-state index is -0.0544. The van der Waals surface area contributed by atoms with E-state index in [0.29, 0.717) is 13.0 Å². The highest BCUT2D eigenvalue weighted by Gasteiger charge is 2.01. The molecule has 12 heavy (non-hydrogen) atoms. The van der Waals surface area contributed by atoms with Crippen LogP contribution in [0.3, 0.4) is 0 Å². The molecule has 0 aliphatic carbocycles. The largest absolute Gasteiger partial charge is 0.466 e. The van der Waals surface area contributed by atoms with Crippen LogP contribution in [0.4, 0.5) is 0 Å². The molecular formula is C10H20O2. The number of esters is 1. The Labute approximate surface area is 75.3 Å². The molecule has 0 spiro atoms. The maximum atomic E-state index is 10.9. The molecule has 0 aromatic heterocycles. The van der Waals surface area contributed by atoms with Gasteiger partial charge in [0.15, 0.2) is 0 Å². The highest BCUT2D eigenvalue weighted by Crippen LogP contribution is 2.08. The van der Waals surface area contributed by atoms with E-state index in [1.165, 1.54) is 6.42 Å². The minimum absolute atomic E-state index is 0.0544. The van der Waals surface area contributed by atoms with Gasteiger partial charge in [-0.3, -0.25) is 4.79 Å². The molecule has 0 fully saturated rings. The predicted octanol–water partition coefficient (Wildman–Crippen LogP) is 2.77. The lowest BCUT2D eigenvalue weighted by atomic mass is 10.1. The Kier molecular flexibility index (Phi) is 6.82. The summed E-state index contributed by atoms with van der Waals surface area (Å²) in [4.78, 5) is 10.9. The second-order valence-electron chi connectivity index (χ2n) is 3.44. The lowest BCUT2D eigenvalue weighted by molar-refractivity contribution is -0.143. The SMILES string of the molecule is CCOC(=O)CCCCC(C)C. The van der Waals surface area contributed by atoms with E-state index in [0.717, 1.165) is 18.8 Å². The zero-order valence-electron chi connectivity index (χ0n) is 8.43. The van der Waals surface area contributed by atoms with Crippen LogP contribution in [0, 0.1) is 5.92 Å². The maximum absolute atomic E-state index is 10.9. The first-order valence-corrected chi connectivity index (χ1v) is 4.82. The van der Waals surface area contributed by atoms with Crippen LogP contribution in [0.25, 0.3) is 0 Å². The fourth-order valence-electron chi connectivity index (χ4n) is 1.06. The smallest absolute Gasteiger partial charge is 0.305 e. The molecule has 0 atom stereocenters. The van der Waals surface area contributed by atoms with Gasteiger partial charge in [0.1, 0.15) is 0 Å². The van der Waals surface area contributed by atoms with Crippen LogP contribution in [0.1, 0.15) is 46.5 Å². The molecule has 0 aliphatic heterocycles. The monoisotopic (exact) mass is 172 g/mol. The number of ether oxygens (including phenoxy) is 1. The molecule has 72 valence electrons. The molecule has 0 amide bonds. The Morgan fingerprint density at radius 3 is 2.50 bits per heavy atom. The topological polar surface area (TPSA) is 26.3 Å². The summed E-state index contributed by atoms with van der Waals surface area (Å²) in [6, 6.07) is 0. The summed E-state index contributed by atoms with van der Waals surface area (Å²) in [6.45, 7) is 6.74. The van der Waals surface area contributed by atoms with E-state index in [2.05, 4.69) is 13.8 Å². The number of hydrogen-bond donors (Lipinski definition) is 0. The van der Waals surface area contributed by atoms with Crippen molar-refractivity contribution in [2.24, 2.45) is 5.92 Å². The van der Waals surface area contributed by atoms with Gasteiger partial charge < -0.3 is 4.74 Å². The van der Waals surface area contributed by atoms with Crippen molar-refractivity contribution < 1.29 is 9.53 Å². The number of hydrogen-bond acceptors (Lipinski definition) is 2. The number of carbonyl (C=O) groups excluding carboxylic acids is 1. The zero-order valence-corrected chi connectivity index (χ0v) is 8.43. The molecule has 0 saturated heterocycles. The van der Waals surface area contributed by atoms with Crippen LogP contribution >= 0.6 is 0 Å². The van der Waals surface area contributed by atoms with Crippen molar-refractivity contribution in [1.82, 2.24) is 0 Å². The highest BCUT2D eigenvalue weighted by molar-refractivity contribution is 5.69. The second-order valence-corrected chi connectivity index (χ2v) is 3.44. The van der Waals surface area contributed by atoms with Gasteiger partial charge in [-0.15, -0.1) is 0 Å². The molecule has 0 aromatic carbocycles. The van der Waals surface area contributed by atoms with Crippen LogP contribution in [0.5, 0.6) is 0 Å². The van der Waals surface area contributed by atoms with Crippen molar-refractivity contribution in [2.75, 3.05) is 6.61 Å². The first kappa shape index (κ1) is 11.5. The Balaban J connectivity index is 3.14. The van der Waals surface area contributed by atoms with E-state index in [9.17, 15) is 4.79 Å². The van der Waals surface area contributed by atoms with Crippen molar-refractivity contribution in [3.05, 3.63) is 0 Å². The number of rotatable bonds is 6. The van der Waals surface area contributed by atoms with Crippen LogP contribution in [-0.4, -0.2) is 12.6 Å². The van der Waals surface area contributed by atoms with Gasteiger partial charge in [-0.2, -0.15) is 0 Å². The van der Waals surface area contributed by atoms with Crippen LogP contribution in [0.15, 0.2) is 0 Å². The standard InChI is InChI=1S/C10H20O2/c1-4-12-10(11)8-6-5-7-9(2)3/h9H,4-8H2,1-3H3. The van der Waals surface area contributed by atoms with Gasteiger partial charge in [0.2, 0.25) is 0 Å². The van der Waals surface area contributed by atoms with E-state index in [-0.39, 0.29) is 5.97 Å². The highest BCUT2D eigenvalue weighted by atomic mass is 16.5. The average Bonchev–Trinajstić information content (AvgIpc) is 1.98. The average molecular weight is 172 g/mol. The van der Waals surface area contributed by atoms with E-state index < -0.39 is 0 Å². The van der Waals surface area contributed by atoms with Crippen molar-refractivity contribution in [3.63, 3.8) is 0 Å². The molecule has 0 unspecified atom stereocenters. The van der Waals surface area contributed by atoms with Gasteiger partial charge in [0.05, 0.1) is 6.61 Å². The maximum Gasteiger partial charge on any atom is 0.305 e. The third-order valence-electron chi connectivity index (χ3n) is 1.72. The summed E-state index contributed by atoms with van der Waals surface area (Å²) in [6.07, 6.45) is 3.90. The predicted molar refractivity (Wildman–Crippen MR) is 49.9 cm³/mol. The Bertz CT molecular complexity index is 119. The van der Waals surface area contributed by atoms with Crippen molar-refractivity contribution in [1.29, 1.82) is 0 Å². The summed E-state index contributed by atoms with van der Waals surface area (Å²) >= 11 is 0. The Morgan fingerprint density at radius 2 is 2.00 bits per heavy atom. The van der Waals surface area contributed by atoms with Gasteiger partial charge >= 0.3 is 5.97 Å². The molecule has 0 N–H and O–H groups in total. The van der Waals surface area contributed by atoms with Crippen LogP contribution < -0.4 is 0 Å². The van der Waals surface area contributed by atoms with Crippen LogP contribution in [-0.2, 0) is 9.53 Å². The quantitative estimate of drug-likeness (QED) is 0.455. The van der Waals surface area contributed by atoms with Crippen molar-refractivity contribution in [2.45, 2.75) is 46.5 Å². The Morgan fingerprint density at radius 1 is 1.33 bits per heavy atom. The van der Waals surface area contributed by atoms with E-state index in [1.54, 1.807) is 0 Å². The molecule has 0 heterocycles. The molecule has 0 saturated carbocycles.